The highest BCUT2D eigenvalue weighted by Gasteiger charge is 2.09. The first-order valence-corrected chi connectivity index (χ1v) is 5.51. The van der Waals surface area contributed by atoms with Crippen LogP contribution in [0.3, 0.4) is 0 Å². The van der Waals surface area contributed by atoms with Gasteiger partial charge < -0.3 is 9.84 Å². The average Bonchev–Trinajstić information content (AvgIpc) is 2.72. The predicted octanol–water partition coefficient (Wildman–Crippen LogP) is 1.59. The normalized spacial score (nSPS) is 12.4. The van der Waals surface area contributed by atoms with Gasteiger partial charge in [-0.25, -0.2) is 9.37 Å². The molecule has 2 aromatic rings. The number of rotatable bonds is 4. The number of aryl methyl sites for hydroxylation is 1. The quantitative estimate of drug-likeness (QED) is 0.896. The number of benzene rings is 1. The third-order valence-electron chi connectivity index (χ3n) is 2.60. The van der Waals surface area contributed by atoms with E-state index in [1.54, 1.807) is 17.8 Å². The second-order valence-electron chi connectivity index (χ2n) is 3.95. The lowest BCUT2D eigenvalue weighted by atomic mass is 10.1. The zero-order chi connectivity index (χ0) is 13.1. The topological polar surface area (TPSA) is 60.2 Å². The molecule has 0 radical (unpaired) electrons. The maximum absolute atomic E-state index is 13.6. The van der Waals surface area contributed by atoms with Gasteiger partial charge in [-0.2, -0.15) is 5.10 Å². The standard InChI is InChI=1S/C12H14FN3O2/c1-8(17)10-4-3-9(5-11(10)13)18-6-12-14-7-15-16(12)2/h3-5,7-8,17H,6H2,1-2H3. The fraction of sp³-hybridized carbons (Fsp3) is 0.333. The minimum absolute atomic E-state index is 0.212. The second-order valence-corrected chi connectivity index (χ2v) is 3.95. The summed E-state index contributed by atoms with van der Waals surface area (Å²) in [6.45, 7) is 1.72. The molecule has 6 heteroatoms. The van der Waals surface area contributed by atoms with Crippen LogP contribution in [0, 0.1) is 5.82 Å². The molecule has 0 fully saturated rings. The second kappa shape index (κ2) is 5.14. The molecule has 1 aromatic carbocycles. The zero-order valence-electron chi connectivity index (χ0n) is 10.2. The Balaban J connectivity index is 2.07. The van der Waals surface area contributed by atoms with Crippen LogP contribution in [-0.4, -0.2) is 19.9 Å². The van der Waals surface area contributed by atoms with Gasteiger partial charge in [0.05, 0.1) is 6.10 Å². The van der Waals surface area contributed by atoms with E-state index in [2.05, 4.69) is 10.1 Å². The van der Waals surface area contributed by atoms with Gasteiger partial charge in [0.25, 0.3) is 0 Å². The fourth-order valence-corrected chi connectivity index (χ4v) is 1.54. The van der Waals surface area contributed by atoms with Crippen LogP contribution in [-0.2, 0) is 13.7 Å². The van der Waals surface area contributed by atoms with Crippen molar-refractivity contribution < 1.29 is 14.2 Å². The van der Waals surface area contributed by atoms with Crippen molar-refractivity contribution in [2.24, 2.45) is 7.05 Å². The fourth-order valence-electron chi connectivity index (χ4n) is 1.54. The van der Waals surface area contributed by atoms with E-state index >= 15 is 0 Å². The van der Waals surface area contributed by atoms with Gasteiger partial charge in [-0.15, -0.1) is 0 Å². The van der Waals surface area contributed by atoms with Gasteiger partial charge in [-0.05, 0) is 19.1 Å². The smallest absolute Gasteiger partial charge is 0.164 e. The Hall–Kier alpha value is -1.95. The van der Waals surface area contributed by atoms with Crippen molar-refractivity contribution in [2.45, 2.75) is 19.6 Å². The molecule has 0 spiro atoms. The Morgan fingerprint density at radius 2 is 2.28 bits per heavy atom. The van der Waals surface area contributed by atoms with Crippen LogP contribution in [0.2, 0.25) is 0 Å². The summed E-state index contributed by atoms with van der Waals surface area (Å²) in [4.78, 5) is 3.99. The van der Waals surface area contributed by atoms with Crippen LogP contribution in [0.25, 0.3) is 0 Å². The monoisotopic (exact) mass is 251 g/mol. The molecule has 1 N–H and O–H groups in total. The SMILES string of the molecule is CC(O)c1ccc(OCc2ncnn2C)cc1F. The van der Waals surface area contributed by atoms with Crippen molar-refractivity contribution >= 4 is 0 Å². The van der Waals surface area contributed by atoms with E-state index in [1.807, 2.05) is 0 Å². The summed E-state index contributed by atoms with van der Waals surface area (Å²) < 4.78 is 20.6. The summed E-state index contributed by atoms with van der Waals surface area (Å²) >= 11 is 0. The van der Waals surface area contributed by atoms with Crippen molar-refractivity contribution in [3.8, 4) is 5.75 Å². The van der Waals surface area contributed by atoms with Gasteiger partial charge in [0.15, 0.2) is 5.82 Å². The first-order chi connectivity index (χ1) is 8.58. The van der Waals surface area contributed by atoms with E-state index in [-0.39, 0.29) is 12.2 Å². The van der Waals surface area contributed by atoms with E-state index in [0.717, 1.165) is 0 Å². The Morgan fingerprint density at radius 3 is 2.83 bits per heavy atom. The lowest BCUT2D eigenvalue weighted by Gasteiger charge is -2.09. The Bertz CT molecular complexity index is 540. The zero-order valence-corrected chi connectivity index (χ0v) is 10.2. The molecule has 5 nitrogen and oxygen atoms in total. The van der Waals surface area contributed by atoms with Gasteiger partial charge in [-0.3, -0.25) is 4.68 Å². The van der Waals surface area contributed by atoms with E-state index < -0.39 is 11.9 Å². The van der Waals surface area contributed by atoms with Gasteiger partial charge in [0, 0.05) is 18.7 Å². The molecule has 1 aromatic heterocycles. The Kier molecular flexibility index (Phi) is 3.57. The number of aliphatic hydroxyl groups is 1. The van der Waals surface area contributed by atoms with Crippen molar-refractivity contribution in [3.63, 3.8) is 0 Å². The molecule has 0 aliphatic rings. The maximum atomic E-state index is 13.6. The van der Waals surface area contributed by atoms with Crippen LogP contribution in [0.5, 0.6) is 5.75 Å². The molecule has 0 saturated carbocycles. The largest absolute Gasteiger partial charge is 0.486 e. The summed E-state index contributed by atoms with van der Waals surface area (Å²) in [5.74, 6) is 0.551. The van der Waals surface area contributed by atoms with Crippen molar-refractivity contribution in [1.82, 2.24) is 14.8 Å². The minimum atomic E-state index is -0.835. The van der Waals surface area contributed by atoms with E-state index in [4.69, 9.17) is 4.74 Å². The molecule has 1 atom stereocenters. The molecule has 2 rings (SSSR count). The molecule has 18 heavy (non-hydrogen) atoms. The molecule has 0 aliphatic heterocycles. The maximum Gasteiger partial charge on any atom is 0.164 e. The van der Waals surface area contributed by atoms with Gasteiger partial charge >= 0.3 is 0 Å². The van der Waals surface area contributed by atoms with Crippen LogP contribution in [0.1, 0.15) is 24.4 Å². The first-order valence-electron chi connectivity index (χ1n) is 5.51. The molecular weight excluding hydrogens is 237 g/mol. The third-order valence-corrected chi connectivity index (χ3v) is 2.60. The number of nitrogens with zero attached hydrogens (tertiary/aromatic N) is 3. The number of aromatic nitrogens is 3. The Morgan fingerprint density at radius 1 is 1.50 bits per heavy atom. The molecular formula is C12H14FN3O2. The number of halogens is 1. The molecule has 96 valence electrons. The lowest BCUT2D eigenvalue weighted by molar-refractivity contribution is 0.193. The average molecular weight is 251 g/mol. The summed E-state index contributed by atoms with van der Waals surface area (Å²) in [5, 5.41) is 13.2. The van der Waals surface area contributed by atoms with Crippen LogP contribution < -0.4 is 4.74 Å². The minimum Gasteiger partial charge on any atom is -0.486 e. The highest BCUT2D eigenvalue weighted by atomic mass is 19.1. The summed E-state index contributed by atoms with van der Waals surface area (Å²) in [5.41, 5.74) is 0.251. The Labute approximate surface area is 104 Å². The van der Waals surface area contributed by atoms with E-state index in [9.17, 15) is 9.50 Å². The molecule has 0 bridgehead atoms. The van der Waals surface area contributed by atoms with Gasteiger partial charge in [-0.1, -0.05) is 0 Å². The third kappa shape index (κ3) is 2.65. The summed E-state index contributed by atoms with van der Waals surface area (Å²) in [6.07, 6.45) is 0.591. The summed E-state index contributed by atoms with van der Waals surface area (Å²) in [7, 11) is 1.75. The van der Waals surface area contributed by atoms with Crippen LogP contribution in [0.15, 0.2) is 24.5 Å². The van der Waals surface area contributed by atoms with Crippen LogP contribution >= 0.6 is 0 Å². The number of hydrogen-bond acceptors (Lipinski definition) is 4. The lowest BCUT2D eigenvalue weighted by Crippen LogP contribution is -2.05. The first kappa shape index (κ1) is 12.5. The van der Waals surface area contributed by atoms with Gasteiger partial charge in [0.2, 0.25) is 0 Å². The molecule has 0 saturated heterocycles. The highest BCUT2D eigenvalue weighted by molar-refractivity contribution is 5.30. The van der Waals surface area contributed by atoms with Crippen molar-refractivity contribution in [2.75, 3.05) is 0 Å². The van der Waals surface area contributed by atoms with Gasteiger partial charge in [0.1, 0.15) is 24.5 Å². The molecule has 1 unspecified atom stereocenters. The van der Waals surface area contributed by atoms with Crippen LogP contribution in [0.4, 0.5) is 4.39 Å². The predicted molar refractivity (Wildman–Crippen MR) is 62.4 cm³/mol. The molecule has 1 heterocycles. The van der Waals surface area contributed by atoms with Crippen molar-refractivity contribution in [1.29, 1.82) is 0 Å². The molecule has 0 amide bonds. The van der Waals surface area contributed by atoms with E-state index in [0.29, 0.717) is 11.6 Å². The van der Waals surface area contributed by atoms with Crippen molar-refractivity contribution in [3.05, 3.63) is 41.7 Å². The number of hydrogen-bond donors (Lipinski definition) is 1. The summed E-state index contributed by atoms with van der Waals surface area (Å²) in [6, 6.07) is 4.37. The molecule has 0 aliphatic carbocycles. The van der Waals surface area contributed by atoms with E-state index in [1.165, 1.54) is 25.4 Å². The number of aliphatic hydroxyl groups excluding tert-OH is 1. The number of ether oxygens (including phenoxy) is 1. The highest BCUT2D eigenvalue weighted by Crippen LogP contribution is 2.22.